The summed E-state index contributed by atoms with van der Waals surface area (Å²) < 4.78 is 10.6. The summed E-state index contributed by atoms with van der Waals surface area (Å²) in [5, 5.41) is 4.37. The fourth-order valence-corrected chi connectivity index (χ4v) is 3.09. The summed E-state index contributed by atoms with van der Waals surface area (Å²) in [5.74, 6) is 1.29. The average molecular weight is 343 g/mol. The summed E-state index contributed by atoms with van der Waals surface area (Å²) >= 11 is 6.06. The third-order valence-corrected chi connectivity index (χ3v) is 4.30. The van der Waals surface area contributed by atoms with Gasteiger partial charge in [-0.2, -0.15) is 0 Å². The number of ether oxygens (including phenoxy) is 2. The Morgan fingerprint density at radius 1 is 1.21 bits per heavy atom. The molecule has 1 aliphatic rings. The zero-order valence-corrected chi connectivity index (χ0v) is 13.7. The number of fused-ring (bicyclic) bond motifs is 2. The molecule has 1 aliphatic heterocycles. The second-order valence-electron chi connectivity index (χ2n) is 5.69. The third-order valence-electron chi connectivity index (χ3n) is 4.07. The van der Waals surface area contributed by atoms with E-state index >= 15 is 0 Å². The number of carbonyl (C=O) groups excluding carboxylic acids is 1. The van der Waals surface area contributed by atoms with Crippen molar-refractivity contribution in [1.29, 1.82) is 0 Å². The van der Waals surface area contributed by atoms with Crippen molar-refractivity contribution in [3.63, 3.8) is 0 Å². The van der Waals surface area contributed by atoms with Gasteiger partial charge in [0.05, 0.1) is 5.56 Å². The zero-order chi connectivity index (χ0) is 16.7. The third kappa shape index (κ3) is 2.57. The number of benzene rings is 2. The summed E-state index contributed by atoms with van der Waals surface area (Å²) in [6.45, 7) is 2.52. The van der Waals surface area contributed by atoms with Crippen LogP contribution in [-0.2, 0) is 6.54 Å². The number of carbonyl (C=O) groups is 1. The van der Waals surface area contributed by atoms with Crippen molar-refractivity contribution in [1.82, 2.24) is 10.3 Å². The second-order valence-corrected chi connectivity index (χ2v) is 6.12. The van der Waals surface area contributed by atoms with Gasteiger partial charge in [-0.3, -0.25) is 4.79 Å². The quantitative estimate of drug-likeness (QED) is 0.761. The molecule has 0 aliphatic carbocycles. The van der Waals surface area contributed by atoms with Crippen LogP contribution in [0.25, 0.3) is 10.9 Å². The molecule has 0 saturated heterocycles. The number of nitrogens with one attached hydrogen (secondary N) is 2. The van der Waals surface area contributed by atoms with Gasteiger partial charge in [-0.05, 0) is 42.8 Å². The molecular formula is C18H15ClN2O3. The Kier molecular flexibility index (Phi) is 3.58. The second kappa shape index (κ2) is 5.76. The number of halogens is 1. The van der Waals surface area contributed by atoms with Crippen molar-refractivity contribution >= 4 is 28.4 Å². The average Bonchev–Trinajstić information content (AvgIpc) is 3.15. The minimum absolute atomic E-state index is 0.140. The highest BCUT2D eigenvalue weighted by Gasteiger charge is 2.17. The monoisotopic (exact) mass is 342 g/mol. The summed E-state index contributed by atoms with van der Waals surface area (Å²) in [7, 11) is 0. The normalized spacial score (nSPS) is 12.6. The number of aromatic amines is 1. The van der Waals surface area contributed by atoms with Crippen molar-refractivity contribution in [3.8, 4) is 11.5 Å². The van der Waals surface area contributed by atoms with E-state index in [-0.39, 0.29) is 12.7 Å². The van der Waals surface area contributed by atoms with Crippen molar-refractivity contribution in [2.24, 2.45) is 0 Å². The topological polar surface area (TPSA) is 63.4 Å². The fraction of sp³-hybridized carbons (Fsp3) is 0.167. The van der Waals surface area contributed by atoms with E-state index in [0.717, 1.165) is 27.9 Å². The molecule has 0 radical (unpaired) electrons. The molecule has 4 rings (SSSR count). The highest BCUT2D eigenvalue weighted by molar-refractivity contribution is 6.31. The fourth-order valence-electron chi connectivity index (χ4n) is 2.91. The Labute approximate surface area is 143 Å². The van der Waals surface area contributed by atoms with E-state index in [1.165, 1.54) is 0 Å². The predicted octanol–water partition coefficient (Wildman–Crippen LogP) is 3.79. The molecule has 0 saturated carbocycles. The first-order valence-electron chi connectivity index (χ1n) is 7.56. The molecule has 2 N–H and O–H groups in total. The van der Waals surface area contributed by atoms with Crippen LogP contribution in [0.5, 0.6) is 11.5 Å². The first kappa shape index (κ1) is 14.9. The number of amides is 1. The van der Waals surface area contributed by atoms with E-state index in [0.29, 0.717) is 22.9 Å². The molecule has 2 aromatic carbocycles. The SMILES string of the molecule is Cc1[nH]c2ccc(Cl)cc2c1C(=O)NCc1ccc2c(c1)OCO2. The Hall–Kier alpha value is -2.66. The van der Waals surface area contributed by atoms with Crippen LogP contribution in [0.15, 0.2) is 36.4 Å². The molecule has 1 aromatic heterocycles. The Morgan fingerprint density at radius 2 is 2.04 bits per heavy atom. The molecule has 0 bridgehead atoms. The maximum absolute atomic E-state index is 12.6. The molecular weight excluding hydrogens is 328 g/mol. The van der Waals surface area contributed by atoms with Crippen molar-refractivity contribution in [3.05, 3.63) is 58.2 Å². The Balaban J connectivity index is 1.56. The highest BCUT2D eigenvalue weighted by Crippen LogP contribution is 2.32. The van der Waals surface area contributed by atoms with Crippen LogP contribution in [0.2, 0.25) is 5.02 Å². The van der Waals surface area contributed by atoms with Crippen LogP contribution in [0.3, 0.4) is 0 Å². The smallest absolute Gasteiger partial charge is 0.253 e. The maximum Gasteiger partial charge on any atom is 0.253 e. The summed E-state index contributed by atoms with van der Waals surface area (Å²) in [5.41, 5.74) is 3.27. The van der Waals surface area contributed by atoms with E-state index in [1.807, 2.05) is 31.2 Å². The lowest BCUT2D eigenvalue weighted by molar-refractivity contribution is 0.0952. The van der Waals surface area contributed by atoms with E-state index in [2.05, 4.69) is 10.3 Å². The van der Waals surface area contributed by atoms with Crippen LogP contribution in [-0.4, -0.2) is 17.7 Å². The number of rotatable bonds is 3. The van der Waals surface area contributed by atoms with Crippen molar-refractivity contribution < 1.29 is 14.3 Å². The van der Waals surface area contributed by atoms with Gasteiger partial charge in [0.15, 0.2) is 11.5 Å². The number of hydrogen-bond donors (Lipinski definition) is 2. The van der Waals surface area contributed by atoms with Crippen molar-refractivity contribution in [2.75, 3.05) is 6.79 Å². The van der Waals surface area contributed by atoms with E-state index in [1.54, 1.807) is 12.1 Å². The predicted molar refractivity (Wildman–Crippen MR) is 91.8 cm³/mol. The Bertz CT molecular complexity index is 949. The molecule has 3 aromatic rings. The van der Waals surface area contributed by atoms with Gasteiger partial charge in [0.25, 0.3) is 5.91 Å². The number of aromatic nitrogens is 1. The van der Waals surface area contributed by atoms with Gasteiger partial charge in [0, 0.05) is 28.2 Å². The molecule has 0 unspecified atom stereocenters. The van der Waals surface area contributed by atoms with Gasteiger partial charge in [-0.15, -0.1) is 0 Å². The number of H-pyrrole nitrogens is 1. The number of aryl methyl sites for hydroxylation is 1. The zero-order valence-electron chi connectivity index (χ0n) is 13.0. The van der Waals surface area contributed by atoms with Gasteiger partial charge in [-0.25, -0.2) is 0 Å². The molecule has 0 atom stereocenters. The maximum atomic E-state index is 12.6. The molecule has 6 heteroatoms. The molecule has 2 heterocycles. The molecule has 24 heavy (non-hydrogen) atoms. The minimum atomic E-state index is -0.140. The van der Waals surface area contributed by atoms with E-state index in [4.69, 9.17) is 21.1 Å². The van der Waals surface area contributed by atoms with Gasteiger partial charge < -0.3 is 19.8 Å². The largest absolute Gasteiger partial charge is 0.454 e. The highest BCUT2D eigenvalue weighted by atomic mass is 35.5. The lowest BCUT2D eigenvalue weighted by Crippen LogP contribution is -2.23. The molecule has 0 spiro atoms. The summed E-state index contributed by atoms with van der Waals surface area (Å²) in [4.78, 5) is 15.8. The Morgan fingerprint density at radius 3 is 2.92 bits per heavy atom. The van der Waals surface area contributed by atoms with E-state index in [9.17, 15) is 4.79 Å². The summed E-state index contributed by atoms with van der Waals surface area (Å²) in [6, 6.07) is 11.1. The molecule has 0 fully saturated rings. The standard InChI is InChI=1S/C18H15ClN2O3/c1-10-17(13-7-12(19)3-4-14(13)21-10)18(22)20-8-11-2-5-15-16(6-11)24-9-23-15/h2-7,21H,8-9H2,1H3,(H,20,22). The number of hydrogen-bond acceptors (Lipinski definition) is 3. The first-order valence-corrected chi connectivity index (χ1v) is 7.94. The van der Waals surface area contributed by atoms with E-state index < -0.39 is 0 Å². The van der Waals surface area contributed by atoms with Gasteiger partial charge in [-0.1, -0.05) is 17.7 Å². The molecule has 1 amide bonds. The lowest BCUT2D eigenvalue weighted by atomic mass is 10.1. The summed E-state index contributed by atoms with van der Waals surface area (Å²) in [6.07, 6.45) is 0. The van der Waals surface area contributed by atoms with Gasteiger partial charge >= 0.3 is 0 Å². The van der Waals surface area contributed by atoms with Crippen LogP contribution < -0.4 is 14.8 Å². The molecule has 5 nitrogen and oxygen atoms in total. The van der Waals surface area contributed by atoms with Crippen LogP contribution >= 0.6 is 11.6 Å². The van der Waals surface area contributed by atoms with Crippen LogP contribution in [0, 0.1) is 6.92 Å². The lowest BCUT2D eigenvalue weighted by Gasteiger charge is -2.07. The minimum Gasteiger partial charge on any atom is -0.454 e. The first-order chi connectivity index (χ1) is 11.6. The van der Waals surface area contributed by atoms with Crippen LogP contribution in [0.4, 0.5) is 0 Å². The van der Waals surface area contributed by atoms with Crippen LogP contribution in [0.1, 0.15) is 21.6 Å². The van der Waals surface area contributed by atoms with Crippen molar-refractivity contribution in [2.45, 2.75) is 13.5 Å². The van der Waals surface area contributed by atoms with Gasteiger partial charge in [0.2, 0.25) is 6.79 Å². The molecule has 122 valence electrons. The van der Waals surface area contributed by atoms with Gasteiger partial charge in [0.1, 0.15) is 0 Å².